The largest absolute Gasteiger partial charge is 0.487 e. The van der Waals surface area contributed by atoms with Crippen molar-refractivity contribution in [3.63, 3.8) is 0 Å². The summed E-state index contributed by atoms with van der Waals surface area (Å²) in [5, 5.41) is 10.2. The first-order chi connectivity index (χ1) is 17.6. The lowest BCUT2D eigenvalue weighted by atomic mass is 9.59. The number of carboxylic acids is 1. The molecule has 3 nitrogen and oxygen atoms in total. The third kappa shape index (κ3) is 5.31. The fourth-order valence-electron chi connectivity index (χ4n) is 6.82. The van der Waals surface area contributed by atoms with Crippen LogP contribution in [0, 0.1) is 18.8 Å². The summed E-state index contributed by atoms with van der Waals surface area (Å²) >= 11 is 1.53. The lowest BCUT2D eigenvalue weighted by molar-refractivity contribution is -0.131. The number of aryl methyl sites for hydroxylation is 1. The number of benzene rings is 2. The molecule has 1 heterocycles. The Morgan fingerprint density at radius 2 is 1.92 bits per heavy atom. The molecule has 5 rings (SSSR count). The molecule has 0 saturated heterocycles. The van der Waals surface area contributed by atoms with Crippen LogP contribution in [-0.4, -0.2) is 24.1 Å². The zero-order valence-corrected chi connectivity index (χ0v) is 22.5. The lowest BCUT2D eigenvalue weighted by Gasteiger charge is -2.46. The molecule has 196 valence electrons. The molecular formula is C31H34F2O3S. The number of carbonyl (C=O) groups is 1. The Hall–Kier alpha value is -2.73. The van der Waals surface area contributed by atoms with Crippen molar-refractivity contribution < 1.29 is 23.4 Å². The highest BCUT2D eigenvalue weighted by atomic mass is 32.1. The Kier molecular flexibility index (Phi) is 7.14. The fraction of sp³-hybridized carbons (Fsp3) is 0.452. The first kappa shape index (κ1) is 25.9. The van der Waals surface area contributed by atoms with E-state index in [-0.39, 0.29) is 5.41 Å². The predicted molar refractivity (Wildman–Crippen MR) is 147 cm³/mol. The van der Waals surface area contributed by atoms with Gasteiger partial charge in [0, 0.05) is 32.2 Å². The highest BCUT2D eigenvalue weighted by molar-refractivity contribution is 7.20. The van der Waals surface area contributed by atoms with Gasteiger partial charge in [-0.25, -0.2) is 13.6 Å². The summed E-state index contributed by atoms with van der Waals surface area (Å²) in [6, 6.07) is 12.2. The van der Waals surface area contributed by atoms with E-state index >= 15 is 0 Å². The van der Waals surface area contributed by atoms with Gasteiger partial charge in [-0.15, -0.1) is 11.3 Å². The van der Waals surface area contributed by atoms with Gasteiger partial charge in [0.1, 0.15) is 12.4 Å². The van der Waals surface area contributed by atoms with Gasteiger partial charge >= 0.3 is 5.97 Å². The van der Waals surface area contributed by atoms with E-state index in [0.29, 0.717) is 23.2 Å². The molecule has 3 aromatic rings. The van der Waals surface area contributed by atoms with E-state index in [1.54, 1.807) is 6.92 Å². The predicted octanol–water partition coefficient (Wildman–Crippen LogP) is 8.87. The van der Waals surface area contributed by atoms with Gasteiger partial charge in [-0.05, 0) is 85.3 Å². The SMILES string of the molecule is C/C(=C\C(=O)O)c1cc2c(-c3cc(C)cc(C4(C)CC5CCCC(C5)C4)c3OCC(F)F)cccc2s1. The van der Waals surface area contributed by atoms with Crippen LogP contribution in [0.1, 0.15) is 68.4 Å². The summed E-state index contributed by atoms with van der Waals surface area (Å²) in [5.74, 6) is 0.950. The Labute approximate surface area is 221 Å². The monoisotopic (exact) mass is 524 g/mol. The van der Waals surface area contributed by atoms with Crippen molar-refractivity contribution in [2.45, 2.75) is 71.1 Å². The van der Waals surface area contributed by atoms with E-state index in [0.717, 1.165) is 50.1 Å². The van der Waals surface area contributed by atoms with Crippen LogP contribution in [0.3, 0.4) is 0 Å². The molecule has 2 saturated carbocycles. The van der Waals surface area contributed by atoms with E-state index in [2.05, 4.69) is 19.9 Å². The smallest absolute Gasteiger partial charge is 0.328 e. The van der Waals surface area contributed by atoms with Gasteiger partial charge in [-0.1, -0.05) is 44.4 Å². The Morgan fingerprint density at radius 1 is 1.19 bits per heavy atom. The molecule has 2 aliphatic carbocycles. The summed E-state index contributed by atoms with van der Waals surface area (Å²) in [7, 11) is 0. The van der Waals surface area contributed by atoms with E-state index in [1.165, 1.54) is 43.1 Å². The van der Waals surface area contributed by atoms with Gasteiger partial charge in [0.25, 0.3) is 6.43 Å². The van der Waals surface area contributed by atoms with Gasteiger partial charge in [0.2, 0.25) is 0 Å². The van der Waals surface area contributed by atoms with Crippen LogP contribution in [-0.2, 0) is 10.2 Å². The first-order valence-corrected chi connectivity index (χ1v) is 13.9. The van der Waals surface area contributed by atoms with Gasteiger partial charge in [-0.2, -0.15) is 0 Å². The van der Waals surface area contributed by atoms with Crippen molar-refractivity contribution >= 4 is 33.0 Å². The molecular weight excluding hydrogens is 490 g/mol. The maximum absolute atomic E-state index is 13.5. The van der Waals surface area contributed by atoms with E-state index in [4.69, 9.17) is 4.74 Å². The number of hydrogen-bond acceptors (Lipinski definition) is 3. The molecule has 2 fully saturated rings. The van der Waals surface area contributed by atoms with Crippen LogP contribution in [0.4, 0.5) is 8.78 Å². The minimum absolute atomic E-state index is 0.124. The molecule has 2 aliphatic rings. The number of carboxylic acid groups (broad SMARTS) is 1. The maximum atomic E-state index is 13.5. The number of halogens is 2. The molecule has 1 aromatic heterocycles. The normalized spacial score (nSPS) is 24.0. The quantitative estimate of drug-likeness (QED) is 0.314. The number of ether oxygens (including phenoxy) is 1. The minimum Gasteiger partial charge on any atom is -0.487 e. The van der Waals surface area contributed by atoms with Crippen molar-refractivity contribution in [1.82, 2.24) is 0 Å². The Balaban J connectivity index is 1.68. The second kappa shape index (κ2) is 10.2. The van der Waals surface area contributed by atoms with Gasteiger partial charge in [0.05, 0.1) is 0 Å². The van der Waals surface area contributed by atoms with Crippen molar-refractivity contribution in [2.75, 3.05) is 6.61 Å². The summed E-state index contributed by atoms with van der Waals surface area (Å²) < 4.78 is 33.9. The van der Waals surface area contributed by atoms with Crippen molar-refractivity contribution in [3.8, 4) is 16.9 Å². The van der Waals surface area contributed by atoms with Gasteiger partial charge < -0.3 is 9.84 Å². The number of hydrogen-bond donors (Lipinski definition) is 1. The average Bonchev–Trinajstić information content (AvgIpc) is 3.27. The number of aliphatic carboxylic acids is 1. The first-order valence-electron chi connectivity index (χ1n) is 13.1. The molecule has 2 atom stereocenters. The van der Waals surface area contributed by atoms with Crippen LogP contribution in [0.15, 0.2) is 42.5 Å². The van der Waals surface area contributed by atoms with Gasteiger partial charge in [-0.3, -0.25) is 0 Å². The summed E-state index contributed by atoms with van der Waals surface area (Å²) in [4.78, 5) is 12.1. The zero-order valence-electron chi connectivity index (χ0n) is 21.7. The molecule has 0 radical (unpaired) electrons. The second-order valence-corrected chi connectivity index (χ2v) is 12.3. The maximum Gasteiger partial charge on any atom is 0.328 e. The molecule has 1 N–H and O–H groups in total. The summed E-state index contributed by atoms with van der Waals surface area (Å²) in [6.45, 7) is 5.52. The fourth-order valence-corrected chi connectivity index (χ4v) is 7.88. The highest BCUT2D eigenvalue weighted by Crippen LogP contribution is 2.54. The summed E-state index contributed by atoms with van der Waals surface area (Å²) in [5.41, 5.74) is 4.45. The Bertz CT molecular complexity index is 1340. The molecule has 2 unspecified atom stereocenters. The molecule has 0 amide bonds. The molecule has 37 heavy (non-hydrogen) atoms. The summed E-state index contributed by atoms with van der Waals surface area (Å²) in [6.07, 6.45) is 5.84. The molecule has 0 aliphatic heterocycles. The zero-order chi connectivity index (χ0) is 26.3. The number of alkyl halides is 2. The third-order valence-corrected chi connectivity index (χ3v) is 9.42. The van der Waals surface area contributed by atoms with Crippen LogP contribution in [0.2, 0.25) is 0 Å². The van der Waals surface area contributed by atoms with Crippen LogP contribution >= 0.6 is 11.3 Å². The molecule has 6 heteroatoms. The number of allylic oxidation sites excluding steroid dienone is 1. The van der Waals surface area contributed by atoms with Crippen molar-refractivity contribution in [3.05, 3.63) is 58.5 Å². The van der Waals surface area contributed by atoms with Crippen molar-refractivity contribution in [2.24, 2.45) is 11.8 Å². The van der Waals surface area contributed by atoms with E-state index in [1.807, 2.05) is 30.3 Å². The van der Waals surface area contributed by atoms with E-state index in [9.17, 15) is 18.7 Å². The number of rotatable bonds is 7. The van der Waals surface area contributed by atoms with Gasteiger partial charge in [0.15, 0.2) is 0 Å². The minimum atomic E-state index is -2.56. The van der Waals surface area contributed by atoms with Crippen LogP contribution < -0.4 is 4.74 Å². The number of thiophene rings is 1. The van der Waals surface area contributed by atoms with Crippen molar-refractivity contribution in [1.29, 1.82) is 0 Å². The second-order valence-electron chi connectivity index (χ2n) is 11.3. The Morgan fingerprint density at radius 3 is 2.59 bits per heavy atom. The lowest BCUT2D eigenvalue weighted by Crippen LogP contribution is -2.37. The van der Waals surface area contributed by atoms with E-state index < -0.39 is 19.0 Å². The third-order valence-electron chi connectivity index (χ3n) is 8.19. The van der Waals surface area contributed by atoms with Crippen LogP contribution in [0.5, 0.6) is 5.75 Å². The topological polar surface area (TPSA) is 46.5 Å². The average molecular weight is 525 g/mol. The van der Waals surface area contributed by atoms with Crippen LogP contribution in [0.25, 0.3) is 26.8 Å². The standard InChI is InChI=1S/C31H34F2O3S/c1-18-10-24(22-8-5-9-26-23(22)14-27(37-26)19(2)12-29(34)35)30(36-17-28(32)33)25(11-18)31(3)15-20-6-4-7-21(13-20)16-31/h5,8-12,14,20-21,28H,4,6-7,13,15-17H2,1-3H3,(H,34,35)/b19-12+. The highest BCUT2D eigenvalue weighted by Gasteiger charge is 2.42. The molecule has 2 aromatic carbocycles. The molecule has 0 spiro atoms. The molecule has 2 bridgehead atoms. The number of fused-ring (bicyclic) bond motifs is 3.